The Morgan fingerprint density at radius 3 is 2.07 bits per heavy atom. The maximum absolute atomic E-state index is 12.3. The van der Waals surface area contributed by atoms with Crippen LogP contribution in [0, 0.1) is 0 Å². The lowest BCUT2D eigenvalue weighted by Gasteiger charge is -2.23. The average molecular weight is 365 g/mol. The van der Waals surface area contributed by atoms with Crippen molar-refractivity contribution in [3.63, 3.8) is 0 Å². The van der Waals surface area contributed by atoms with E-state index in [-0.39, 0.29) is 36.3 Å². The van der Waals surface area contributed by atoms with E-state index in [0.29, 0.717) is 11.1 Å². The van der Waals surface area contributed by atoms with Crippen LogP contribution < -0.4 is 10.6 Å². The summed E-state index contributed by atoms with van der Waals surface area (Å²) < 4.78 is 0. The highest BCUT2D eigenvalue weighted by molar-refractivity contribution is 6.21. The van der Waals surface area contributed by atoms with Crippen LogP contribution in [-0.4, -0.2) is 35.8 Å². The lowest BCUT2D eigenvalue weighted by molar-refractivity contribution is 0.0656. The van der Waals surface area contributed by atoms with E-state index < -0.39 is 0 Å². The number of rotatable bonds is 4. The smallest absolute Gasteiger partial charge is 0.319 e. The van der Waals surface area contributed by atoms with E-state index in [2.05, 4.69) is 31.4 Å². The normalized spacial score (nSPS) is 13.5. The van der Waals surface area contributed by atoms with Gasteiger partial charge in [0.15, 0.2) is 0 Å². The van der Waals surface area contributed by atoms with Gasteiger partial charge in [0, 0.05) is 18.8 Å². The van der Waals surface area contributed by atoms with Gasteiger partial charge in [0.25, 0.3) is 11.8 Å². The second kappa shape index (κ2) is 7.23. The van der Waals surface area contributed by atoms with Crippen LogP contribution in [0.1, 0.15) is 47.1 Å². The fraction of sp³-hybridized carbons (Fsp3) is 0.286. The van der Waals surface area contributed by atoms with Crippen molar-refractivity contribution in [1.82, 2.24) is 10.2 Å². The highest BCUT2D eigenvalue weighted by atomic mass is 16.2. The van der Waals surface area contributed by atoms with Crippen molar-refractivity contribution in [2.75, 3.05) is 18.4 Å². The zero-order valence-electron chi connectivity index (χ0n) is 15.7. The molecule has 0 saturated heterocycles. The summed E-state index contributed by atoms with van der Waals surface area (Å²) >= 11 is 0. The molecule has 0 fully saturated rings. The monoisotopic (exact) mass is 365 g/mol. The van der Waals surface area contributed by atoms with Gasteiger partial charge in [-0.25, -0.2) is 4.79 Å². The van der Waals surface area contributed by atoms with Gasteiger partial charge in [-0.2, -0.15) is 0 Å². The molecule has 2 aromatic rings. The number of nitrogens with one attached hydrogen (secondary N) is 2. The first kappa shape index (κ1) is 18.6. The van der Waals surface area contributed by atoms with Crippen molar-refractivity contribution < 1.29 is 14.4 Å². The predicted molar refractivity (Wildman–Crippen MR) is 104 cm³/mol. The Labute approximate surface area is 158 Å². The summed E-state index contributed by atoms with van der Waals surface area (Å²) in [5.74, 6) is -0.647. The molecule has 0 spiro atoms. The Bertz CT molecular complexity index is 865. The Balaban J connectivity index is 1.57. The van der Waals surface area contributed by atoms with Crippen LogP contribution >= 0.6 is 0 Å². The summed E-state index contributed by atoms with van der Waals surface area (Å²) in [6, 6.07) is 14.0. The van der Waals surface area contributed by atoms with Crippen LogP contribution in [0.15, 0.2) is 48.5 Å². The molecule has 1 heterocycles. The van der Waals surface area contributed by atoms with Crippen LogP contribution in [-0.2, 0) is 5.41 Å². The van der Waals surface area contributed by atoms with E-state index in [9.17, 15) is 14.4 Å². The number of urea groups is 1. The zero-order chi connectivity index (χ0) is 19.6. The molecule has 0 aliphatic carbocycles. The summed E-state index contributed by atoms with van der Waals surface area (Å²) in [4.78, 5) is 38.0. The minimum Gasteiger partial charge on any atom is -0.336 e. The maximum atomic E-state index is 12.3. The molecule has 1 aliphatic heterocycles. The lowest BCUT2D eigenvalue weighted by Crippen LogP contribution is -2.39. The predicted octanol–water partition coefficient (Wildman–Crippen LogP) is 3.40. The molecule has 6 heteroatoms. The molecular formula is C21H23N3O3. The minimum absolute atomic E-state index is 0.107. The zero-order valence-corrected chi connectivity index (χ0v) is 15.7. The Morgan fingerprint density at radius 2 is 1.48 bits per heavy atom. The number of carbonyl (C=O) groups excluding carboxylic acids is 3. The highest BCUT2D eigenvalue weighted by Crippen LogP contribution is 2.29. The van der Waals surface area contributed by atoms with Crippen molar-refractivity contribution in [2.24, 2.45) is 0 Å². The van der Waals surface area contributed by atoms with Gasteiger partial charge in [0.05, 0.1) is 11.1 Å². The van der Waals surface area contributed by atoms with E-state index in [0.717, 1.165) is 16.2 Å². The first-order chi connectivity index (χ1) is 12.8. The summed E-state index contributed by atoms with van der Waals surface area (Å²) in [7, 11) is 0. The molecule has 140 valence electrons. The molecule has 6 nitrogen and oxygen atoms in total. The van der Waals surface area contributed by atoms with Crippen LogP contribution in [0.4, 0.5) is 10.5 Å². The van der Waals surface area contributed by atoms with Gasteiger partial charge in [-0.1, -0.05) is 51.1 Å². The third kappa shape index (κ3) is 3.84. The molecule has 0 unspecified atom stereocenters. The van der Waals surface area contributed by atoms with Crippen LogP contribution in [0.2, 0.25) is 0 Å². The maximum Gasteiger partial charge on any atom is 0.319 e. The van der Waals surface area contributed by atoms with Gasteiger partial charge in [-0.3, -0.25) is 14.5 Å². The number of hydrogen-bond acceptors (Lipinski definition) is 3. The third-order valence-electron chi connectivity index (χ3n) is 4.48. The van der Waals surface area contributed by atoms with Gasteiger partial charge >= 0.3 is 6.03 Å². The van der Waals surface area contributed by atoms with Gasteiger partial charge in [-0.15, -0.1) is 0 Å². The molecule has 0 bridgehead atoms. The summed E-state index contributed by atoms with van der Waals surface area (Å²) in [6.45, 7) is 6.53. The number of imide groups is 1. The number of carbonyl (C=O) groups is 3. The van der Waals surface area contributed by atoms with E-state index in [1.54, 1.807) is 24.3 Å². The van der Waals surface area contributed by atoms with Gasteiger partial charge in [0.1, 0.15) is 0 Å². The fourth-order valence-corrected chi connectivity index (χ4v) is 3.14. The molecular weight excluding hydrogens is 342 g/mol. The van der Waals surface area contributed by atoms with Gasteiger partial charge in [0.2, 0.25) is 0 Å². The topological polar surface area (TPSA) is 78.5 Å². The summed E-state index contributed by atoms with van der Waals surface area (Å²) in [5, 5.41) is 5.55. The highest BCUT2D eigenvalue weighted by Gasteiger charge is 2.34. The van der Waals surface area contributed by atoms with Crippen molar-refractivity contribution in [3.8, 4) is 0 Å². The molecule has 0 radical (unpaired) electrons. The average Bonchev–Trinajstić information content (AvgIpc) is 2.86. The van der Waals surface area contributed by atoms with Gasteiger partial charge < -0.3 is 10.6 Å². The SMILES string of the molecule is CC(C)(C)c1ccccc1NC(=O)NCCN1C(=O)c2ccccc2C1=O. The lowest BCUT2D eigenvalue weighted by atomic mass is 9.86. The van der Waals surface area contributed by atoms with E-state index in [1.807, 2.05) is 24.3 Å². The standard InChI is InChI=1S/C21H23N3O3/c1-21(2,3)16-10-6-7-11-17(16)23-20(27)22-12-13-24-18(25)14-8-4-5-9-15(14)19(24)26/h4-11H,12-13H2,1-3H3,(H2,22,23,27). The number of nitrogens with zero attached hydrogens (tertiary/aromatic N) is 1. The van der Waals surface area contributed by atoms with E-state index in [1.165, 1.54) is 0 Å². The number of anilines is 1. The summed E-state index contributed by atoms with van der Waals surface area (Å²) in [6.07, 6.45) is 0. The first-order valence-electron chi connectivity index (χ1n) is 8.88. The van der Waals surface area contributed by atoms with Crippen molar-refractivity contribution in [1.29, 1.82) is 0 Å². The quantitative estimate of drug-likeness (QED) is 0.815. The van der Waals surface area contributed by atoms with Crippen LogP contribution in [0.25, 0.3) is 0 Å². The molecule has 0 aromatic heterocycles. The number of fused-ring (bicyclic) bond motifs is 1. The fourth-order valence-electron chi connectivity index (χ4n) is 3.14. The number of amides is 4. The molecule has 0 atom stereocenters. The van der Waals surface area contributed by atoms with Crippen LogP contribution in [0.5, 0.6) is 0 Å². The Morgan fingerprint density at radius 1 is 0.926 bits per heavy atom. The number of hydrogen-bond donors (Lipinski definition) is 2. The minimum atomic E-state index is -0.372. The first-order valence-corrected chi connectivity index (χ1v) is 8.88. The van der Waals surface area contributed by atoms with Crippen LogP contribution in [0.3, 0.4) is 0 Å². The Hall–Kier alpha value is -3.15. The number of benzene rings is 2. The summed E-state index contributed by atoms with van der Waals surface area (Å²) in [5.41, 5.74) is 2.48. The second-order valence-corrected chi connectivity index (χ2v) is 7.48. The van der Waals surface area contributed by atoms with Gasteiger partial charge in [-0.05, 0) is 29.2 Å². The molecule has 3 rings (SSSR count). The van der Waals surface area contributed by atoms with E-state index in [4.69, 9.17) is 0 Å². The number of para-hydroxylation sites is 1. The van der Waals surface area contributed by atoms with E-state index >= 15 is 0 Å². The molecule has 2 aromatic carbocycles. The third-order valence-corrected chi connectivity index (χ3v) is 4.48. The molecule has 0 saturated carbocycles. The molecule has 27 heavy (non-hydrogen) atoms. The molecule has 2 N–H and O–H groups in total. The Kier molecular flexibility index (Phi) is 4.99. The second-order valence-electron chi connectivity index (χ2n) is 7.48. The largest absolute Gasteiger partial charge is 0.336 e. The molecule has 1 aliphatic rings. The van der Waals surface area contributed by atoms with Crippen molar-refractivity contribution >= 4 is 23.5 Å². The molecule has 4 amide bonds. The van der Waals surface area contributed by atoms with Crippen molar-refractivity contribution in [3.05, 3.63) is 65.2 Å². The van der Waals surface area contributed by atoms with Crippen molar-refractivity contribution in [2.45, 2.75) is 26.2 Å².